The number of nitrogens with zero attached hydrogens (tertiary/aromatic N) is 1. The van der Waals surface area contributed by atoms with Crippen molar-refractivity contribution in [3.8, 4) is 0 Å². The van der Waals surface area contributed by atoms with E-state index in [-0.39, 0.29) is 5.82 Å². The molecule has 1 aromatic carbocycles. The highest BCUT2D eigenvalue weighted by molar-refractivity contribution is 5.16. The molecule has 0 saturated heterocycles. The first-order valence-corrected chi connectivity index (χ1v) is 6.86. The van der Waals surface area contributed by atoms with Crippen molar-refractivity contribution in [1.82, 2.24) is 10.2 Å². The second-order valence-electron chi connectivity index (χ2n) is 5.25. The Bertz CT molecular complexity index is 363. The van der Waals surface area contributed by atoms with E-state index in [1.54, 1.807) is 12.1 Å². The lowest BCUT2D eigenvalue weighted by Gasteiger charge is -2.43. The van der Waals surface area contributed by atoms with Gasteiger partial charge in [-0.05, 0) is 56.6 Å². The smallest absolute Gasteiger partial charge is 0.123 e. The molecule has 18 heavy (non-hydrogen) atoms. The van der Waals surface area contributed by atoms with Crippen LogP contribution in [0.2, 0.25) is 0 Å². The standard InChI is InChI=1S/C15H23FN2/c1-3-17-10-13-6-9-15(13)18(2)11-12-4-7-14(16)8-5-12/h4-5,7-8,13,15,17H,3,6,9-11H2,1-2H3. The number of nitrogens with one attached hydrogen (secondary N) is 1. The maximum absolute atomic E-state index is 12.8. The zero-order chi connectivity index (χ0) is 13.0. The Balaban J connectivity index is 1.84. The van der Waals surface area contributed by atoms with Gasteiger partial charge in [0.25, 0.3) is 0 Å². The van der Waals surface area contributed by atoms with Gasteiger partial charge >= 0.3 is 0 Å². The molecule has 1 saturated carbocycles. The van der Waals surface area contributed by atoms with Crippen LogP contribution in [0.25, 0.3) is 0 Å². The van der Waals surface area contributed by atoms with Crippen molar-refractivity contribution in [3.05, 3.63) is 35.6 Å². The van der Waals surface area contributed by atoms with Crippen LogP contribution in [0, 0.1) is 11.7 Å². The third kappa shape index (κ3) is 3.30. The first-order valence-electron chi connectivity index (χ1n) is 6.86. The number of benzene rings is 1. The molecule has 0 spiro atoms. The predicted octanol–water partition coefficient (Wildman–Crippen LogP) is 2.65. The third-order valence-corrected chi connectivity index (χ3v) is 3.95. The summed E-state index contributed by atoms with van der Waals surface area (Å²) in [5, 5.41) is 3.43. The molecule has 0 aliphatic heterocycles. The summed E-state index contributed by atoms with van der Waals surface area (Å²) in [6.45, 7) is 5.23. The predicted molar refractivity (Wildman–Crippen MR) is 72.9 cm³/mol. The minimum absolute atomic E-state index is 0.157. The molecule has 0 amide bonds. The van der Waals surface area contributed by atoms with Crippen LogP contribution in [0.5, 0.6) is 0 Å². The molecule has 2 nitrogen and oxygen atoms in total. The van der Waals surface area contributed by atoms with Crippen LogP contribution in [-0.4, -0.2) is 31.1 Å². The Labute approximate surface area is 109 Å². The van der Waals surface area contributed by atoms with Crippen LogP contribution in [0.3, 0.4) is 0 Å². The highest BCUT2D eigenvalue weighted by Crippen LogP contribution is 2.31. The van der Waals surface area contributed by atoms with Gasteiger partial charge in [-0.2, -0.15) is 0 Å². The van der Waals surface area contributed by atoms with Gasteiger partial charge in [-0.15, -0.1) is 0 Å². The molecule has 100 valence electrons. The van der Waals surface area contributed by atoms with Gasteiger partial charge in [0, 0.05) is 12.6 Å². The molecule has 0 radical (unpaired) electrons. The molecule has 1 aliphatic carbocycles. The number of halogens is 1. The fourth-order valence-electron chi connectivity index (χ4n) is 2.69. The van der Waals surface area contributed by atoms with Gasteiger partial charge in [0.2, 0.25) is 0 Å². The maximum atomic E-state index is 12.8. The molecule has 1 aromatic rings. The summed E-state index contributed by atoms with van der Waals surface area (Å²) in [5.41, 5.74) is 1.19. The molecule has 0 heterocycles. The van der Waals surface area contributed by atoms with Gasteiger partial charge in [-0.1, -0.05) is 19.1 Å². The second kappa shape index (κ2) is 6.30. The minimum Gasteiger partial charge on any atom is -0.317 e. The summed E-state index contributed by atoms with van der Waals surface area (Å²) in [6, 6.07) is 7.52. The van der Waals surface area contributed by atoms with E-state index in [0.29, 0.717) is 6.04 Å². The number of rotatable bonds is 6. The normalized spacial score (nSPS) is 23.1. The molecule has 2 atom stereocenters. The largest absolute Gasteiger partial charge is 0.317 e. The van der Waals surface area contributed by atoms with Crippen LogP contribution in [0.1, 0.15) is 25.3 Å². The summed E-state index contributed by atoms with van der Waals surface area (Å²) in [6.07, 6.45) is 2.61. The molecular weight excluding hydrogens is 227 g/mol. The average Bonchev–Trinajstić information content (AvgIpc) is 2.31. The lowest BCUT2D eigenvalue weighted by molar-refractivity contribution is 0.0784. The first-order chi connectivity index (χ1) is 8.70. The average molecular weight is 250 g/mol. The zero-order valence-corrected chi connectivity index (χ0v) is 11.3. The van der Waals surface area contributed by atoms with Crippen molar-refractivity contribution in [2.75, 3.05) is 20.1 Å². The van der Waals surface area contributed by atoms with Crippen LogP contribution in [-0.2, 0) is 6.54 Å². The topological polar surface area (TPSA) is 15.3 Å². The first kappa shape index (κ1) is 13.5. The molecule has 1 aliphatic rings. The monoisotopic (exact) mass is 250 g/mol. The number of hydrogen-bond acceptors (Lipinski definition) is 2. The van der Waals surface area contributed by atoms with Gasteiger partial charge in [0.15, 0.2) is 0 Å². The van der Waals surface area contributed by atoms with Crippen LogP contribution >= 0.6 is 0 Å². The van der Waals surface area contributed by atoms with Gasteiger partial charge < -0.3 is 5.32 Å². The van der Waals surface area contributed by atoms with Crippen molar-refractivity contribution in [2.45, 2.75) is 32.4 Å². The Kier molecular flexibility index (Phi) is 4.72. The van der Waals surface area contributed by atoms with E-state index in [1.165, 1.54) is 18.4 Å². The van der Waals surface area contributed by atoms with Crippen molar-refractivity contribution in [1.29, 1.82) is 0 Å². The SMILES string of the molecule is CCNCC1CCC1N(C)Cc1ccc(F)cc1. The highest BCUT2D eigenvalue weighted by atomic mass is 19.1. The van der Waals surface area contributed by atoms with E-state index in [9.17, 15) is 4.39 Å². The van der Waals surface area contributed by atoms with Crippen molar-refractivity contribution >= 4 is 0 Å². The lowest BCUT2D eigenvalue weighted by Crippen LogP contribution is -2.48. The molecule has 0 bridgehead atoms. The van der Waals surface area contributed by atoms with Gasteiger partial charge in [-0.25, -0.2) is 4.39 Å². The Hall–Kier alpha value is -0.930. The minimum atomic E-state index is -0.157. The van der Waals surface area contributed by atoms with E-state index in [2.05, 4.69) is 24.2 Å². The van der Waals surface area contributed by atoms with E-state index in [0.717, 1.165) is 25.6 Å². The summed E-state index contributed by atoms with van der Waals surface area (Å²) < 4.78 is 12.8. The van der Waals surface area contributed by atoms with E-state index in [1.807, 2.05) is 12.1 Å². The molecule has 0 aromatic heterocycles. The van der Waals surface area contributed by atoms with Crippen LogP contribution in [0.4, 0.5) is 4.39 Å². The summed E-state index contributed by atoms with van der Waals surface area (Å²) in [7, 11) is 2.17. The quantitative estimate of drug-likeness (QED) is 0.835. The summed E-state index contributed by atoms with van der Waals surface area (Å²) in [4.78, 5) is 2.40. The fourth-order valence-corrected chi connectivity index (χ4v) is 2.69. The van der Waals surface area contributed by atoms with Crippen molar-refractivity contribution < 1.29 is 4.39 Å². The maximum Gasteiger partial charge on any atom is 0.123 e. The lowest BCUT2D eigenvalue weighted by atomic mass is 9.78. The number of hydrogen-bond donors (Lipinski definition) is 1. The van der Waals surface area contributed by atoms with Crippen LogP contribution in [0.15, 0.2) is 24.3 Å². The van der Waals surface area contributed by atoms with E-state index >= 15 is 0 Å². The van der Waals surface area contributed by atoms with Crippen molar-refractivity contribution in [3.63, 3.8) is 0 Å². The Morgan fingerprint density at radius 3 is 2.56 bits per heavy atom. The second-order valence-corrected chi connectivity index (χ2v) is 5.25. The van der Waals surface area contributed by atoms with Gasteiger partial charge in [-0.3, -0.25) is 4.90 Å². The highest BCUT2D eigenvalue weighted by Gasteiger charge is 2.33. The summed E-state index contributed by atoms with van der Waals surface area (Å²) in [5.74, 6) is 0.616. The molecule has 2 rings (SSSR count). The van der Waals surface area contributed by atoms with E-state index in [4.69, 9.17) is 0 Å². The van der Waals surface area contributed by atoms with Gasteiger partial charge in [0.05, 0.1) is 0 Å². The van der Waals surface area contributed by atoms with Crippen LogP contribution < -0.4 is 5.32 Å². The Morgan fingerprint density at radius 2 is 2.00 bits per heavy atom. The molecule has 1 fully saturated rings. The Morgan fingerprint density at radius 1 is 1.28 bits per heavy atom. The molecular formula is C15H23FN2. The fraction of sp³-hybridized carbons (Fsp3) is 0.600. The zero-order valence-electron chi connectivity index (χ0n) is 11.3. The van der Waals surface area contributed by atoms with Gasteiger partial charge in [0.1, 0.15) is 5.82 Å². The molecule has 1 N–H and O–H groups in total. The molecule has 2 unspecified atom stereocenters. The van der Waals surface area contributed by atoms with Crippen molar-refractivity contribution in [2.24, 2.45) is 5.92 Å². The third-order valence-electron chi connectivity index (χ3n) is 3.95. The van der Waals surface area contributed by atoms with E-state index < -0.39 is 0 Å². The molecule has 3 heteroatoms. The summed E-state index contributed by atoms with van der Waals surface area (Å²) >= 11 is 0.